The van der Waals surface area contributed by atoms with Gasteiger partial charge in [0.05, 0.1) is 0 Å². The summed E-state index contributed by atoms with van der Waals surface area (Å²) in [6.07, 6.45) is 6.31. The molecule has 2 N–H and O–H groups in total. The predicted molar refractivity (Wildman–Crippen MR) is 76.8 cm³/mol. The Morgan fingerprint density at radius 2 is 2.00 bits per heavy atom. The molecule has 1 saturated carbocycles. The topological polar surface area (TPSA) is 42.1 Å². The van der Waals surface area contributed by atoms with E-state index in [1.54, 1.807) is 0 Å². The van der Waals surface area contributed by atoms with Gasteiger partial charge in [-0.1, -0.05) is 19.8 Å². The van der Waals surface area contributed by atoms with Crippen LogP contribution in [0.25, 0.3) is 0 Å². The van der Waals surface area contributed by atoms with Gasteiger partial charge in [0, 0.05) is 24.8 Å². The number of anilines is 1. The van der Waals surface area contributed by atoms with E-state index in [4.69, 9.17) is 10.7 Å². The molecule has 0 bridgehead atoms. The van der Waals surface area contributed by atoms with Gasteiger partial charge < -0.3 is 10.6 Å². The van der Waals surface area contributed by atoms with Crippen LogP contribution in [0.15, 0.2) is 12.1 Å². The lowest BCUT2D eigenvalue weighted by atomic mass is 10.1. The third-order valence-corrected chi connectivity index (χ3v) is 3.92. The highest BCUT2D eigenvalue weighted by atomic mass is 15.2. The maximum absolute atomic E-state index is 5.79. The fourth-order valence-corrected chi connectivity index (χ4v) is 2.90. The monoisotopic (exact) mass is 247 g/mol. The lowest BCUT2D eigenvalue weighted by Crippen LogP contribution is -2.34. The molecule has 1 fully saturated rings. The van der Waals surface area contributed by atoms with Gasteiger partial charge in [0.1, 0.15) is 5.82 Å². The molecule has 0 atom stereocenters. The van der Waals surface area contributed by atoms with Crippen LogP contribution < -0.4 is 10.6 Å². The number of aryl methyl sites for hydroxylation is 1. The van der Waals surface area contributed by atoms with Crippen LogP contribution in [0, 0.1) is 0 Å². The van der Waals surface area contributed by atoms with Crippen molar-refractivity contribution in [1.82, 2.24) is 4.98 Å². The third kappa shape index (κ3) is 2.83. The largest absolute Gasteiger partial charge is 0.354 e. The van der Waals surface area contributed by atoms with E-state index in [2.05, 4.69) is 30.9 Å². The Kier molecular flexibility index (Phi) is 4.59. The van der Waals surface area contributed by atoms with E-state index in [0.29, 0.717) is 12.6 Å². The van der Waals surface area contributed by atoms with E-state index >= 15 is 0 Å². The minimum absolute atomic E-state index is 0.602. The molecule has 0 aliphatic heterocycles. The Balaban J connectivity index is 2.28. The quantitative estimate of drug-likeness (QED) is 0.870. The van der Waals surface area contributed by atoms with Gasteiger partial charge in [-0.05, 0) is 43.9 Å². The van der Waals surface area contributed by atoms with Crippen molar-refractivity contribution in [3.8, 4) is 0 Å². The first-order valence-electron chi connectivity index (χ1n) is 7.25. The van der Waals surface area contributed by atoms with E-state index in [1.807, 2.05) is 0 Å². The minimum Gasteiger partial charge on any atom is -0.354 e. The molecule has 18 heavy (non-hydrogen) atoms. The molecule has 3 heteroatoms. The Morgan fingerprint density at radius 3 is 2.56 bits per heavy atom. The lowest BCUT2D eigenvalue weighted by Gasteiger charge is -2.29. The zero-order valence-corrected chi connectivity index (χ0v) is 11.7. The second-order valence-corrected chi connectivity index (χ2v) is 5.11. The average molecular weight is 247 g/mol. The van der Waals surface area contributed by atoms with Gasteiger partial charge in [-0.25, -0.2) is 4.98 Å². The van der Waals surface area contributed by atoms with Gasteiger partial charge >= 0.3 is 0 Å². The molecule has 1 aliphatic carbocycles. The molecule has 2 rings (SSSR count). The maximum atomic E-state index is 5.79. The summed E-state index contributed by atoms with van der Waals surface area (Å²) in [4.78, 5) is 7.25. The molecule has 3 nitrogen and oxygen atoms in total. The van der Waals surface area contributed by atoms with Crippen LogP contribution in [-0.2, 0) is 13.0 Å². The molecule has 0 unspecified atom stereocenters. The molecule has 0 radical (unpaired) electrons. The Morgan fingerprint density at radius 1 is 1.28 bits per heavy atom. The van der Waals surface area contributed by atoms with Crippen molar-refractivity contribution in [2.45, 2.75) is 58.5 Å². The van der Waals surface area contributed by atoms with E-state index in [-0.39, 0.29) is 0 Å². The predicted octanol–water partition coefficient (Wildman–Crippen LogP) is 2.87. The number of pyridine rings is 1. The van der Waals surface area contributed by atoms with E-state index in [1.165, 1.54) is 31.2 Å². The molecule has 1 aromatic heterocycles. The van der Waals surface area contributed by atoms with Crippen LogP contribution in [0.3, 0.4) is 0 Å². The van der Waals surface area contributed by atoms with Crippen LogP contribution >= 0.6 is 0 Å². The molecule has 0 aromatic carbocycles. The smallest absolute Gasteiger partial charge is 0.129 e. The first-order chi connectivity index (χ1) is 8.78. The van der Waals surface area contributed by atoms with Crippen LogP contribution in [-0.4, -0.2) is 17.6 Å². The fraction of sp³-hybridized carbons (Fsp3) is 0.667. The molecule has 0 amide bonds. The maximum Gasteiger partial charge on any atom is 0.129 e. The molecular weight excluding hydrogens is 222 g/mol. The fourth-order valence-electron chi connectivity index (χ4n) is 2.90. The second kappa shape index (κ2) is 6.19. The Bertz CT molecular complexity index is 361. The number of nitrogens with zero attached hydrogens (tertiary/aromatic N) is 2. The van der Waals surface area contributed by atoms with Crippen LogP contribution in [0.1, 0.15) is 50.8 Å². The number of aromatic nitrogens is 1. The number of hydrogen-bond donors (Lipinski definition) is 1. The molecule has 1 heterocycles. The third-order valence-electron chi connectivity index (χ3n) is 3.92. The first-order valence-corrected chi connectivity index (χ1v) is 7.25. The number of hydrogen-bond acceptors (Lipinski definition) is 3. The summed E-state index contributed by atoms with van der Waals surface area (Å²) < 4.78 is 0. The van der Waals surface area contributed by atoms with Gasteiger partial charge in [-0.2, -0.15) is 0 Å². The normalized spacial score (nSPS) is 16.2. The summed E-state index contributed by atoms with van der Waals surface area (Å²) in [5.41, 5.74) is 8.15. The highest BCUT2D eigenvalue weighted by molar-refractivity contribution is 5.44. The molecule has 0 spiro atoms. The van der Waals surface area contributed by atoms with Crippen molar-refractivity contribution in [3.05, 3.63) is 23.4 Å². The van der Waals surface area contributed by atoms with Crippen molar-refractivity contribution >= 4 is 5.82 Å². The zero-order chi connectivity index (χ0) is 13.0. The highest BCUT2D eigenvalue weighted by Gasteiger charge is 2.22. The van der Waals surface area contributed by atoms with Gasteiger partial charge in [-0.3, -0.25) is 0 Å². The Labute approximate surface area is 110 Å². The molecule has 0 saturated heterocycles. The van der Waals surface area contributed by atoms with Crippen LogP contribution in [0.2, 0.25) is 0 Å². The van der Waals surface area contributed by atoms with Gasteiger partial charge in [0.2, 0.25) is 0 Å². The molecular formula is C15H25N3. The Hall–Kier alpha value is -1.09. The van der Waals surface area contributed by atoms with E-state index in [9.17, 15) is 0 Å². The van der Waals surface area contributed by atoms with Crippen molar-refractivity contribution < 1.29 is 0 Å². The van der Waals surface area contributed by atoms with Crippen molar-refractivity contribution in [3.63, 3.8) is 0 Å². The standard InChI is InChI=1S/C15H25N3/c1-3-13-9-12(11-16)10-15(17-13)18(4-2)14-7-5-6-8-14/h9-10,14H,3-8,11,16H2,1-2H3. The average Bonchev–Trinajstić information content (AvgIpc) is 2.93. The lowest BCUT2D eigenvalue weighted by molar-refractivity contribution is 0.611. The molecule has 100 valence electrons. The van der Waals surface area contributed by atoms with Crippen molar-refractivity contribution in [2.24, 2.45) is 5.73 Å². The first kappa shape index (κ1) is 13.3. The second-order valence-electron chi connectivity index (χ2n) is 5.11. The molecule has 1 aliphatic rings. The summed E-state index contributed by atoms with van der Waals surface area (Å²) in [5.74, 6) is 1.13. The number of nitrogens with two attached hydrogens (primary N) is 1. The minimum atomic E-state index is 0.602. The van der Waals surface area contributed by atoms with E-state index < -0.39 is 0 Å². The molecule has 1 aromatic rings. The zero-order valence-electron chi connectivity index (χ0n) is 11.7. The van der Waals surface area contributed by atoms with Crippen LogP contribution in [0.4, 0.5) is 5.82 Å². The summed E-state index contributed by atoms with van der Waals surface area (Å²) in [6, 6.07) is 4.98. The van der Waals surface area contributed by atoms with Gasteiger partial charge in [0.15, 0.2) is 0 Å². The SMILES string of the molecule is CCc1cc(CN)cc(N(CC)C2CCCC2)n1. The van der Waals surface area contributed by atoms with Gasteiger partial charge in [-0.15, -0.1) is 0 Å². The summed E-state index contributed by atoms with van der Waals surface area (Å²) >= 11 is 0. The number of rotatable bonds is 5. The summed E-state index contributed by atoms with van der Waals surface area (Å²) in [6.45, 7) is 6.01. The van der Waals surface area contributed by atoms with Gasteiger partial charge in [0.25, 0.3) is 0 Å². The van der Waals surface area contributed by atoms with Crippen molar-refractivity contribution in [2.75, 3.05) is 11.4 Å². The summed E-state index contributed by atoms with van der Waals surface area (Å²) in [7, 11) is 0. The van der Waals surface area contributed by atoms with Crippen molar-refractivity contribution in [1.29, 1.82) is 0 Å². The van der Waals surface area contributed by atoms with Crippen LogP contribution in [0.5, 0.6) is 0 Å². The summed E-state index contributed by atoms with van der Waals surface area (Å²) in [5, 5.41) is 0. The van der Waals surface area contributed by atoms with E-state index in [0.717, 1.165) is 24.5 Å². The highest BCUT2D eigenvalue weighted by Crippen LogP contribution is 2.27.